The number of rotatable bonds is 7. The highest BCUT2D eigenvalue weighted by atomic mass is 127. The zero-order chi connectivity index (χ0) is 20.6. The molecule has 3 saturated carbocycles. The summed E-state index contributed by atoms with van der Waals surface area (Å²) < 4.78 is 5.94. The summed E-state index contributed by atoms with van der Waals surface area (Å²) in [7, 11) is 1.53. The molecular weight excluding hydrogens is 499 g/mol. The lowest BCUT2D eigenvalue weighted by Crippen LogP contribution is -2.50. The third-order valence-electron chi connectivity index (χ3n) is 10.0. The van der Waals surface area contributed by atoms with Gasteiger partial charge < -0.3 is 4.18 Å². The van der Waals surface area contributed by atoms with Crippen molar-refractivity contribution in [1.29, 1.82) is 0 Å². The third kappa shape index (κ3) is 4.69. The van der Waals surface area contributed by atoms with Gasteiger partial charge in [-0.2, -0.15) is 0 Å². The van der Waals surface area contributed by atoms with Gasteiger partial charge in [-0.25, -0.2) is 0 Å². The van der Waals surface area contributed by atoms with Crippen molar-refractivity contribution in [3.05, 3.63) is 11.6 Å². The van der Waals surface area contributed by atoms with Gasteiger partial charge in [0.15, 0.2) is 0 Å². The van der Waals surface area contributed by atoms with Crippen LogP contribution in [0.4, 0.5) is 0 Å². The number of hydrogen-bond acceptors (Lipinski definition) is 2. The number of allylic oxidation sites excluding steroid dienone is 1. The van der Waals surface area contributed by atoms with E-state index in [0.717, 1.165) is 29.6 Å². The molecule has 3 fully saturated rings. The maximum Gasteiger partial charge on any atom is 0.0769 e. The maximum atomic E-state index is 5.94. The van der Waals surface area contributed by atoms with Gasteiger partial charge in [-0.3, -0.25) is 0 Å². The second kappa shape index (κ2) is 10.4. The minimum atomic E-state index is 0. The molecular formula is C27H47IOS. The molecule has 30 heavy (non-hydrogen) atoms. The van der Waals surface area contributed by atoms with Gasteiger partial charge in [-0.15, -0.1) is 0 Å². The molecule has 1 nitrogen and oxygen atoms in total. The Morgan fingerprint density at radius 3 is 2.63 bits per heavy atom. The predicted molar refractivity (Wildman–Crippen MR) is 142 cm³/mol. The molecule has 4 aliphatic carbocycles. The molecule has 0 bridgehead atoms. The third-order valence-corrected chi connectivity index (χ3v) is 11.0. The molecule has 0 spiro atoms. The fraction of sp³-hybridized carbons (Fsp3) is 0.926. The first-order chi connectivity index (χ1) is 13.9. The van der Waals surface area contributed by atoms with Gasteiger partial charge in [0.2, 0.25) is 0 Å². The van der Waals surface area contributed by atoms with Gasteiger partial charge in [0.05, 0.1) is 15.3 Å². The highest BCUT2D eigenvalue weighted by Gasteiger charge is 2.58. The van der Waals surface area contributed by atoms with E-state index in [4.69, 9.17) is 4.18 Å². The van der Waals surface area contributed by atoms with Gasteiger partial charge in [0.1, 0.15) is 0 Å². The van der Waals surface area contributed by atoms with Crippen molar-refractivity contribution >= 4 is 30.4 Å². The lowest BCUT2D eigenvalue weighted by molar-refractivity contribution is -0.0483. The predicted octanol–water partition coefficient (Wildman–Crippen LogP) is 9.80. The maximum absolute atomic E-state index is 5.94. The largest absolute Gasteiger partial charge is 0.302 e. The fourth-order valence-electron chi connectivity index (χ4n) is 8.29. The van der Waals surface area contributed by atoms with Gasteiger partial charge >= 0.3 is 0 Å². The molecule has 7 unspecified atom stereocenters. The lowest BCUT2D eigenvalue weighted by atomic mass is 9.47. The van der Waals surface area contributed by atoms with Crippen molar-refractivity contribution in [2.75, 3.05) is 0 Å². The molecule has 0 amide bonds. The van der Waals surface area contributed by atoms with Crippen molar-refractivity contribution in [3.8, 4) is 0 Å². The van der Waals surface area contributed by atoms with E-state index in [1.54, 1.807) is 5.57 Å². The van der Waals surface area contributed by atoms with Gasteiger partial charge in [-0.1, -0.05) is 66.0 Å². The van der Waals surface area contributed by atoms with Crippen molar-refractivity contribution < 1.29 is 4.18 Å². The molecule has 0 aromatic rings. The number of halogens is 1. The molecule has 0 aliphatic heterocycles. The van der Waals surface area contributed by atoms with Crippen LogP contribution in [-0.2, 0) is 4.18 Å². The highest BCUT2D eigenvalue weighted by molar-refractivity contribution is 14.2. The Morgan fingerprint density at radius 1 is 1.10 bits per heavy atom. The quantitative estimate of drug-likeness (QED) is 0.136. The Bertz CT molecular complexity index is 604. The van der Waals surface area contributed by atoms with Crippen LogP contribution < -0.4 is 0 Å². The average molecular weight is 547 g/mol. The summed E-state index contributed by atoms with van der Waals surface area (Å²) in [6, 6.07) is 0. The van der Waals surface area contributed by atoms with Crippen LogP contribution in [0.1, 0.15) is 112 Å². The molecule has 0 radical (unpaired) electrons. The average Bonchev–Trinajstić information content (AvgIpc) is 3.02. The molecule has 0 aromatic carbocycles. The monoisotopic (exact) mass is 546 g/mol. The second-order valence-corrected chi connectivity index (χ2v) is 13.2. The molecule has 0 heterocycles. The topological polar surface area (TPSA) is 9.23 Å². The summed E-state index contributed by atoms with van der Waals surface area (Å²) >= 11 is 2.28. The second-order valence-electron chi connectivity index (χ2n) is 11.8. The normalized spacial score (nSPS) is 42.7. The Balaban J connectivity index is 0.00000256. The number of fused-ring (bicyclic) bond motifs is 5. The van der Waals surface area contributed by atoms with E-state index >= 15 is 0 Å². The van der Waals surface area contributed by atoms with Crippen molar-refractivity contribution in [1.82, 2.24) is 0 Å². The van der Waals surface area contributed by atoms with Crippen LogP contribution in [0, 0.1) is 40.4 Å². The van der Waals surface area contributed by atoms with Crippen LogP contribution in [0.2, 0.25) is 0 Å². The van der Waals surface area contributed by atoms with Crippen molar-refractivity contribution in [3.63, 3.8) is 0 Å². The van der Waals surface area contributed by atoms with E-state index in [2.05, 4.69) is 55.0 Å². The molecule has 4 aliphatic rings. The molecule has 0 N–H and O–H groups in total. The van der Waals surface area contributed by atoms with E-state index in [0.29, 0.717) is 16.9 Å². The Hall–Kier alpha value is 0.780. The van der Waals surface area contributed by atoms with Crippen LogP contribution >= 0.6 is 30.4 Å². The van der Waals surface area contributed by atoms with E-state index in [1.165, 1.54) is 86.3 Å². The van der Waals surface area contributed by atoms with E-state index < -0.39 is 0 Å². The van der Waals surface area contributed by atoms with Crippen molar-refractivity contribution in [2.24, 2.45) is 40.4 Å². The number of hydrogen-bond donors (Lipinski definition) is 0. The first-order valence-corrected chi connectivity index (χ1v) is 15.8. The van der Waals surface area contributed by atoms with Crippen LogP contribution in [-0.4, -0.2) is 6.10 Å². The van der Waals surface area contributed by atoms with Crippen LogP contribution in [0.5, 0.6) is 0 Å². The number of unbranched alkanes of at least 4 members (excludes halogenated alkanes) is 1. The Labute approximate surface area is 204 Å². The van der Waals surface area contributed by atoms with Gasteiger partial charge in [0.25, 0.3) is 0 Å². The zero-order valence-corrected chi connectivity index (χ0v) is 22.2. The molecule has 0 aromatic heterocycles. The molecule has 3 heteroatoms. The first kappa shape index (κ1) is 25.4. The van der Waals surface area contributed by atoms with Gasteiger partial charge in [-0.05, 0) is 98.2 Å². The van der Waals surface area contributed by atoms with E-state index in [-0.39, 0.29) is 7.43 Å². The summed E-state index contributed by atoms with van der Waals surface area (Å²) in [6.45, 7) is 10.1. The minimum Gasteiger partial charge on any atom is -0.302 e. The fourth-order valence-corrected chi connectivity index (χ4v) is 9.44. The molecule has 4 rings (SSSR count). The van der Waals surface area contributed by atoms with E-state index in [9.17, 15) is 0 Å². The smallest absolute Gasteiger partial charge is 0.0769 e. The van der Waals surface area contributed by atoms with Crippen molar-refractivity contribution in [2.45, 2.75) is 118 Å². The summed E-state index contributed by atoms with van der Waals surface area (Å²) in [5, 5.41) is 0. The lowest BCUT2D eigenvalue weighted by Gasteiger charge is -2.58. The SMILES string of the molecule is C.CC(C)CCCCC1CCC2C3CC=C4CC(OSI)CCC4(C)C3CCC12C. The van der Waals surface area contributed by atoms with Crippen LogP contribution in [0.25, 0.3) is 0 Å². The highest BCUT2D eigenvalue weighted by Crippen LogP contribution is 2.66. The standard InChI is InChI=1S/C26H43IOS.CH4/c1-18(2)7-5-6-8-19-10-12-23-22-11-9-20-17-21(28-29-27)13-15-26(20,4)24(22)14-16-25(19,23)3;/h9,18-19,21-24H,5-8,10-17H2,1-4H3;1H4. The molecule has 7 atom stereocenters. The summed E-state index contributed by atoms with van der Waals surface area (Å²) in [5.74, 6) is 4.76. The van der Waals surface area contributed by atoms with Crippen LogP contribution in [0.15, 0.2) is 11.6 Å². The zero-order valence-electron chi connectivity index (χ0n) is 19.2. The molecule has 0 saturated heterocycles. The Morgan fingerprint density at radius 2 is 1.90 bits per heavy atom. The van der Waals surface area contributed by atoms with Crippen LogP contribution in [0.3, 0.4) is 0 Å². The van der Waals surface area contributed by atoms with E-state index in [1.807, 2.05) is 0 Å². The molecule has 174 valence electrons. The summed E-state index contributed by atoms with van der Waals surface area (Å²) in [5.41, 5.74) is 2.86. The summed E-state index contributed by atoms with van der Waals surface area (Å²) in [6.07, 6.45) is 20.2. The first-order valence-electron chi connectivity index (χ1n) is 12.5. The van der Waals surface area contributed by atoms with Gasteiger partial charge in [0, 0.05) is 21.2 Å². The minimum absolute atomic E-state index is 0. The summed E-state index contributed by atoms with van der Waals surface area (Å²) in [4.78, 5) is 0. The Kier molecular flexibility index (Phi) is 8.78.